The van der Waals surface area contributed by atoms with E-state index in [9.17, 15) is 14.0 Å². The fraction of sp³-hybridized carbons (Fsp3) is 0.333. The van der Waals surface area contributed by atoms with Crippen LogP contribution in [0, 0.1) is 5.82 Å². The maximum Gasteiger partial charge on any atom is 0.417 e. The van der Waals surface area contributed by atoms with E-state index in [1.54, 1.807) is 13.0 Å². The second kappa shape index (κ2) is 6.96. The quantitative estimate of drug-likeness (QED) is 0.623. The van der Waals surface area contributed by atoms with Crippen molar-refractivity contribution < 1.29 is 23.5 Å². The van der Waals surface area contributed by atoms with Gasteiger partial charge in [-0.15, -0.1) is 0 Å². The number of hydrogen-bond donors (Lipinski definition) is 0. The van der Waals surface area contributed by atoms with Crippen molar-refractivity contribution in [3.63, 3.8) is 0 Å². The first-order valence-corrected chi connectivity index (χ1v) is 5.70. The zero-order valence-electron chi connectivity index (χ0n) is 9.74. The molecule has 0 aliphatic heterocycles. The monoisotopic (exact) mass is 274 g/mol. The zero-order chi connectivity index (χ0) is 13.5. The molecule has 0 aliphatic carbocycles. The van der Waals surface area contributed by atoms with Crippen LogP contribution in [0.4, 0.5) is 4.39 Å². The normalized spacial score (nSPS) is 9.94. The molecule has 0 amide bonds. The predicted molar refractivity (Wildman–Crippen MR) is 62.7 cm³/mol. The molecule has 0 saturated carbocycles. The van der Waals surface area contributed by atoms with Gasteiger partial charge in [0.1, 0.15) is 5.82 Å². The summed E-state index contributed by atoms with van der Waals surface area (Å²) in [6.45, 7) is 1.66. The van der Waals surface area contributed by atoms with E-state index in [2.05, 4.69) is 9.47 Å². The second-order valence-electron chi connectivity index (χ2n) is 3.35. The highest BCUT2D eigenvalue weighted by molar-refractivity contribution is 6.30. The highest BCUT2D eigenvalue weighted by Crippen LogP contribution is 2.15. The van der Waals surface area contributed by atoms with E-state index in [0.29, 0.717) is 12.0 Å². The van der Waals surface area contributed by atoms with Crippen LogP contribution in [0.5, 0.6) is 0 Å². The number of halogens is 2. The van der Waals surface area contributed by atoms with Crippen LogP contribution in [-0.2, 0) is 25.5 Å². The Bertz CT molecular complexity index is 448. The molecule has 6 heteroatoms. The lowest BCUT2D eigenvalue weighted by atomic mass is 10.1. The summed E-state index contributed by atoms with van der Waals surface area (Å²) in [5.74, 6) is -2.61. The molecular formula is C12H12ClFO4. The van der Waals surface area contributed by atoms with Crippen molar-refractivity contribution in [2.75, 3.05) is 13.2 Å². The smallest absolute Gasteiger partial charge is 0.417 e. The summed E-state index contributed by atoms with van der Waals surface area (Å²) < 4.78 is 22.2. The van der Waals surface area contributed by atoms with E-state index in [-0.39, 0.29) is 18.2 Å². The molecule has 0 aromatic heterocycles. The number of ether oxygens (including phenoxy) is 2. The summed E-state index contributed by atoms with van der Waals surface area (Å²) in [6, 6.07) is 4.28. The Labute approximate surface area is 109 Å². The third kappa shape index (κ3) is 4.33. The molecule has 1 rings (SSSR count). The lowest BCUT2D eigenvalue weighted by molar-refractivity contribution is -0.167. The van der Waals surface area contributed by atoms with Gasteiger partial charge in [-0.25, -0.2) is 14.0 Å². The first-order chi connectivity index (χ1) is 8.54. The summed E-state index contributed by atoms with van der Waals surface area (Å²) in [5, 5.41) is 0.0299. The molecule has 0 radical (unpaired) electrons. The van der Waals surface area contributed by atoms with Gasteiger partial charge in [0.05, 0.1) is 18.2 Å². The number of carbonyl (C=O) groups is 2. The number of carbonyl (C=O) groups excluding carboxylic acids is 2. The zero-order valence-corrected chi connectivity index (χ0v) is 10.5. The number of benzene rings is 1. The predicted octanol–water partition coefficient (Wildman–Crippen LogP) is 2.13. The van der Waals surface area contributed by atoms with Gasteiger partial charge >= 0.3 is 11.9 Å². The highest BCUT2D eigenvalue weighted by Gasteiger charge is 2.16. The standard InChI is InChI=1S/C12H12ClFO4/c1-2-17-11(15)12(16)18-6-5-8-3-4-9(13)10(14)7-8/h3-4,7H,2,5-6H2,1H3. The summed E-state index contributed by atoms with van der Waals surface area (Å²) in [4.78, 5) is 22.0. The van der Waals surface area contributed by atoms with Crippen LogP contribution in [0.15, 0.2) is 18.2 Å². The molecule has 0 atom stereocenters. The van der Waals surface area contributed by atoms with Gasteiger partial charge in [0.25, 0.3) is 0 Å². The van der Waals surface area contributed by atoms with Crippen LogP contribution in [-0.4, -0.2) is 25.2 Å². The Hall–Kier alpha value is -1.62. The van der Waals surface area contributed by atoms with Crippen molar-refractivity contribution in [2.45, 2.75) is 13.3 Å². The minimum absolute atomic E-state index is 0.0290. The first-order valence-electron chi connectivity index (χ1n) is 5.32. The lowest BCUT2D eigenvalue weighted by Crippen LogP contribution is -2.21. The molecule has 1 aromatic rings. The average molecular weight is 275 g/mol. The second-order valence-corrected chi connectivity index (χ2v) is 3.76. The Morgan fingerprint density at radius 2 is 1.94 bits per heavy atom. The van der Waals surface area contributed by atoms with Crippen molar-refractivity contribution in [1.29, 1.82) is 0 Å². The van der Waals surface area contributed by atoms with Gasteiger partial charge in [0.15, 0.2) is 0 Å². The molecule has 0 spiro atoms. The summed E-state index contributed by atoms with van der Waals surface area (Å²) in [7, 11) is 0. The Balaban J connectivity index is 2.39. The van der Waals surface area contributed by atoms with E-state index >= 15 is 0 Å². The van der Waals surface area contributed by atoms with Crippen molar-refractivity contribution in [3.8, 4) is 0 Å². The van der Waals surface area contributed by atoms with Crippen molar-refractivity contribution in [3.05, 3.63) is 34.6 Å². The van der Waals surface area contributed by atoms with Gasteiger partial charge in [-0.3, -0.25) is 0 Å². The lowest BCUT2D eigenvalue weighted by Gasteiger charge is -2.05. The van der Waals surface area contributed by atoms with Crippen LogP contribution in [0.25, 0.3) is 0 Å². The molecule has 98 valence electrons. The van der Waals surface area contributed by atoms with Crippen molar-refractivity contribution in [2.24, 2.45) is 0 Å². The molecule has 0 aliphatic rings. The fourth-order valence-electron chi connectivity index (χ4n) is 1.21. The van der Waals surface area contributed by atoms with Crippen LogP contribution < -0.4 is 0 Å². The van der Waals surface area contributed by atoms with E-state index in [1.807, 2.05) is 0 Å². The van der Waals surface area contributed by atoms with Gasteiger partial charge in [-0.1, -0.05) is 17.7 Å². The number of rotatable bonds is 4. The Morgan fingerprint density at radius 3 is 2.56 bits per heavy atom. The van der Waals surface area contributed by atoms with Crippen LogP contribution >= 0.6 is 11.6 Å². The van der Waals surface area contributed by atoms with Crippen molar-refractivity contribution in [1.82, 2.24) is 0 Å². The van der Waals surface area contributed by atoms with E-state index in [4.69, 9.17) is 11.6 Å². The molecular weight excluding hydrogens is 263 g/mol. The molecule has 18 heavy (non-hydrogen) atoms. The summed E-state index contributed by atoms with van der Waals surface area (Å²) in [6.07, 6.45) is 0.291. The summed E-state index contributed by atoms with van der Waals surface area (Å²) in [5.41, 5.74) is 0.619. The third-order valence-corrected chi connectivity index (χ3v) is 2.36. The van der Waals surface area contributed by atoms with Gasteiger partial charge in [0.2, 0.25) is 0 Å². The topological polar surface area (TPSA) is 52.6 Å². The van der Waals surface area contributed by atoms with E-state index in [0.717, 1.165) is 0 Å². The molecule has 0 fully saturated rings. The minimum atomic E-state index is -1.05. The van der Waals surface area contributed by atoms with E-state index in [1.165, 1.54) is 12.1 Å². The third-order valence-electron chi connectivity index (χ3n) is 2.05. The van der Waals surface area contributed by atoms with Crippen molar-refractivity contribution >= 4 is 23.5 Å². The number of hydrogen-bond acceptors (Lipinski definition) is 4. The fourth-order valence-corrected chi connectivity index (χ4v) is 1.32. The highest BCUT2D eigenvalue weighted by atomic mass is 35.5. The van der Waals surface area contributed by atoms with Gasteiger partial charge < -0.3 is 9.47 Å². The molecule has 0 bridgehead atoms. The Morgan fingerprint density at radius 1 is 1.28 bits per heavy atom. The molecule has 0 unspecified atom stereocenters. The molecule has 0 heterocycles. The molecule has 4 nitrogen and oxygen atoms in total. The van der Waals surface area contributed by atoms with E-state index < -0.39 is 17.8 Å². The molecule has 0 N–H and O–H groups in total. The SMILES string of the molecule is CCOC(=O)C(=O)OCCc1ccc(Cl)c(F)c1. The Kier molecular flexibility index (Phi) is 5.58. The maximum absolute atomic E-state index is 13.1. The van der Waals surface area contributed by atoms with Crippen LogP contribution in [0.2, 0.25) is 5.02 Å². The average Bonchev–Trinajstić information content (AvgIpc) is 2.34. The molecule has 1 aromatic carbocycles. The largest absolute Gasteiger partial charge is 0.458 e. The van der Waals surface area contributed by atoms with Gasteiger partial charge in [-0.2, -0.15) is 0 Å². The maximum atomic E-state index is 13.1. The minimum Gasteiger partial charge on any atom is -0.458 e. The molecule has 0 saturated heterocycles. The van der Waals surface area contributed by atoms with Gasteiger partial charge in [-0.05, 0) is 24.6 Å². The summed E-state index contributed by atoms with van der Waals surface area (Å²) >= 11 is 5.52. The number of esters is 2. The van der Waals surface area contributed by atoms with Crippen LogP contribution in [0.3, 0.4) is 0 Å². The van der Waals surface area contributed by atoms with Gasteiger partial charge in [0, 0.05) is 6.42 Å². The first kappa shape index (κ1) is 14.4. The van der Waals surface area contributed by atoms with Crippen LogP contribution in [0.1, 0.15) is 12.5 Å².